The quantitative estimate of drug-likeness (QED) is 0.625. The van der Waals surface area contributed by atoms with Crippen LogP contribution in [0.1, 0.15) is 37.6 Å². The Morgan fingerprint density at radius 3 is 2.50 bits per heavy atom. The summed E-state index contributed by atoms with van der Waals surface area (Å²) >= 11 is 0. The predicted molar refractivity (Wildman–Crippen MR) is 83.9 cm³/mol. The second-order valence-electron chi connectivity index (χ2n) is 5.12. The number of hydrogen-bond acceptors (Lipinski definition) is 4. The maximum absolute atomic E-state index is 12.0. The van der Waals surface area contributed by atoms with E-state index in [1.54, 1.807) is 24.3 Å². The molecule has 6 nitrogen and oxygen atoms in total. The standard InChI is InChI=1S/C16H22N2O4/c1-5-10(2)14(15(20)22-4)18-16(21)17-13-8-6-7-12(9-13)11(3)19/h6-10,14H,5H2,1-4H3,(H2,17,18,21)/t10-,14-/m1/s1. The Hall–Kier alpha value is -2.37. The van der Waals surface area contributed by atoms with Gasteiger partial charge in [-0.05, 0) is 25.0 Å². The lowest BCUT2D eigenvalue weighted by Gasteiger charge is -2.22. The van der Waals surface area contributed by atoms with Gasteiger partial charge in [0, 0.05) is 11.3 Å². The summed E-state index contributed by atoms with van der Waals surface area (Å²) in [7, 11) is 1.29. The van der Waals surface area contributed by atoms with Crippen molar-refractivity contribution in [2.45, 2.75) is 33.2 Å². The summed E-state index contributed by atoms with van der Waals surface area (Å²) in [6.07, 6.45) is 0.722. The van der Waals surface area contributed by atoms with Crippen LogP contribution in [0.25, 0.3) is 0 Å². The molecule has 0 aliphatic carbocycles. The number of esters is 1. The molecule has 120 valence electrons. The zero-order valence-electron chi connectivity index (χ0n) is 13.3. The lowest BCUT2D eigenvalue weighted by atomic mass is 9.99. The van der Waals surface area contributed by atoms with Gasteiger partial charge in [0.1, 0.15) is 6.04 Å². The molecule has 0 aromatic heterocycles. The minimum Gasteiger partial charge on any atom is -0.467 e. The number of ether oxygens (including phenoxy) is 1. The maximum atomic E-state index is 12.0. The van der Waals surface area contributed by atoms with Gasteiger partial charge in [-0.1, -0.05) is 32.4 Å². The number of urea groups is 1. The first kappa shape index (κ1) is 17.7. The van der Waals surface area contributed by atoms with Gasteiger partial charge in [-0.2, -0.15) is 0 Å². The molecular formula is C16H22N2O4. The lowest BCUT2D eigenvalue weighted by Crippen LogP contribution is -2.47. The van der Waals surface area contributed by atoms with E-state index in [0.29, 0.717) is 11.3 Å². The molecule has 1 aromatic rings. The number of rotatable bonds is 6. The highest BCUT2D eigenvalue weighted by molar-refractivity contribution is 5.97. The Kier molecular flexibility index (Phi) is 6.56. The largest absolute Gasteiger partial charge is 0.467 e. The van der Waals surface area contributed by atoms with Gasteiger partial charge >= 0.3 is 12.0 Å². The van der Waals surface area contributed by atoms with Crippen molar-refractivity contribution < 1.29 is 19.1 Å². The van der Waals surface area contributed by atoms with Crippen molar-refractivity contribution in [3.8, 4) is 0 Å². The fraction of sp³-hybridized carbons (Fsp3) is 0.438. The van der Waals surface area contributed by atoms with Crippen LogP contribution in [0.2, 0.25) is 0 Å². The van der Waals surface area contributed by atoms with Gasteiger partial charge in [0.2, 0.25) is 0 Å². The third-order valence-corrected chi connectivity index (χ3v) is 3.48. The van der Waals surface area contributed by atoms with Crippen molar-refractivity contribution in [1.82, 2.24) is 5.32 Å². The molecule has 0 aliphatic heterocycles. The number of anilines is 1. The summed E-state index contributed by atoms with van der Waals surface area (Å²) in [6.45, 7) is 5.24. The topological polar surface area (TPSA) is 84.5 Å². The van der Waals surface area contributed by atoms with Gasteiger partial charge in [-0.3, -0.25) is 4.79 Å². The first-order valence-electron chi connectivity index (χ1n) is 7.15. The van der Waals surface area contributed by atoms with Crippen LogP contribution < -0.4 is 10.6 Å². The van der Waals surface area contributed by atoms with Gasteiger partial charge < -0.3 is 15.4 Å². The van der Waals surface area contributed by atoms with Crippen LogP contribution in [-0.4, -0.2) is 30.9 Å². The molecular weight excluding hydrogens is 284 g/mol. The molecule has 0 heterocycles. The van der Waals surface area contributed by atoms with Crippen molar-refractivity contribution >= 4 is 23.5 Å². The molecule has 0 unspecified atom stereocenters. The van der Waals surface area contributed by atoms with E-state index in [-0.39, 0.29) is 11.7 Å². The number of methoxy groups -OCH3 is 1. The molecule has 22 heavy (non-hydrogen) atoms. The van der Waals surface area contributed by atoms with E-state index >= 15 is 0 Å². The average molecular weight is 306 g/mol. The van der Waals surface area contributed by atoms with Crippen LogP contribution in [-0.2, 0) is 9.53 Å². The Labute approximate surface area is 130 Å². The van der Waals surface area contributed by atoms with Crippen LogP contribution >= 0.6 is 0 Å². The van der Waals surface area contributed by atoms with Crippen molar-refractivity contribution in [3.05, 3.63) is 29.8 Å². The van der Waals surface area contributed by atoms with Gasteiger partial charge in [0.05, 0.1) is 7.11 Å². The number of nitrogens with one attached hydrogen (secondary N) is 2. The molecule has 2 N–H and O–H groups in total. The average Bonchev–Trinajstić information content (AvgIpc) is 2.51. The number of amides is 2. The molecule has 0 saturated heterocycles. The van der Waals surface area contributed by atoms with Crippen LogP contribution in [0.15, 0.2) is 24.3 Å². The molecule has 0 fully saturated rings. The molecule has 6 heteroatoms. The molecule has 0 spiro atoms. The normalized spacial score (nSPS) is 12.9. The van der Waals surface area contributed by atoms with Crippen molar-refractivity contribution in [3.63, 3.8) is 0 Å². The fourth-order valence-corrected chi connectivity index (χ4v) is 1.92. The van der Waals surface area contributed by atoms with Gasteiger partial charge in [-0.25, -0.2) is 9.59 Å². The number of carbonyl (C=O) groups excluding carboxylic acids is 3. The molecule has 0 bridgehead atoms. The van der Waals surface area contributed by atoms with Crippen molar-refractivity contribution in [1.29, 1.82) is 0 Å². The summed E-state index contributed by atoms with van der Waals surface area (Å²) < 4.78 is 4.71. The second kappa shape index (κ2) is 8.17. The number of Topliss-reactive ketones (excluding diaryl/α,β-unsaturated/α-hetero) is 1. The monoisotopic (exact) mass is 306 g/mol. The lowest BCUT2D eigenvalue weighted by molar-refractivity contribution is -0.144. The number of hydrogen-bond donors (Lipinski definition) is 2. The second-order valence-corrected chi connectivity index (χ2v) is 5.12. The van der Waals surface area contributed by atoms with Crippen LogP contribution in [0.5, 0.6) is 0 Å². The van der Waals surface area contributed by atoms with Crippen LogP contribution in [0.3, 0.4) is 0 Å². The van der Waals surface area contributed by atoms with E-state index in [1.165, 1.54) is 14.0 Å². The third-order valence-electron chi connectivity index (χ3n) is 3.48. The first-order valence-corrected chi connectivity index (χ1v) is 7.15. The Bertz CT molecular complexity index is 557. The summed E-state index contributed by atoms with van der Waals surface area (Å²) in [5, 5.41) is 5.22. The van der Waals surface area contributed by atoms with Crippen LogP contribution in [0, 0.1) is 5.92 Å². The minimum atomic E-state index is -0.717. The van der Waals surface area contributed by atoms with Crippen molar-refractivity contribution in [2.75, 3.05) is 12.4 Å². The third kappa shape index (κ3) is 4.87. The van der Waals surface area contributed by atoms with Crippen molar-refractivity contribution in [2.24, 2.45) is 5.92 Å². The first-order chi connectivity index (χ1) is 10.4. The number of benzene rings is 1. The summed E-state index contributed by atoms with van der Waals surface area (Å²) in [6, 6.07) is 5.36. The van der Waals surface area contributed by atoms with E-state index in [2.05, 4.69) is 10.6 Å². The molecule has 2 atom stereocenters. The Morgan fingerprint density at radius 1 is 1.27 bits per heavy atom. The molecule has 0 radical (unpaired) electrons. The molecule has 0 aliphatic rings. The van der Waals surface area contributed by atoms with Gasteiger partial charge in [-0.15, -0.1) is 0 Å². The molecule has 1 aromatic carbocycles. The van der Waals surface area contributed by atoms with Gasteiger partial charge in [0.15, 0.2) is 5.78 Å². The SMILES string of the molecule is CC[C@@H](C)[C@@H](NC(=O)Nc1cccc(C(C)=O)c1)C(=O)OC. The Balaban J connectivity index is 2.77. The zero-order chi connectivity index (χ0) is 16.7. The fourth-order valence-electron chi connectivity index (χ4n) is 1.92. The van der Waals surface area contributed by atoms with E-state index in [9.17, 15) is 14.4 Å². The zero-order valence-corrected chi connectivity index (χ0v) is 13.3. The maximum Gasteiger partial charge on any atom is 0.328 e. The summed E-state index contributed by atoms with van der Waals surface area (Å²) in [5.74, 6) is -0.625. The minimum absolute atomic E-state index is 0.0539. The summed E-state index contributed by atoms with van der Waals surface area (Å²) in [4.78, 5) is 35.1. The van der Waals surface area contributed by atoms with E-state index in [1.807, 2.05) is 13.8 Å². The molecule has 0 saturated carbocycles. The smallest absolute Gasteiger partial charge is 0.328 e. The number of ketones is 1. The van der Waals surface area contributed by atoms with E-state index < -0.39 is 18.0 Å². The Morgan fingerprint density at radius 2 is 1.95 bits per heavy atom. The van der Waals surface area contributed by atoms with E-state index in [4.69, 9.17) is 4.74 Å². The highest BCUT2D eigenvalue weighted by Crippen LogP contribution is 2.13. The van der Waals surface area contributed by atoms with Gasteiger partial charge in [0.25, 0.3) is 0 Å². The highest BCUT2D eigenvalue weighted by Gasteiger charge is 2.26. The number of carbonyl (C=O) groups is 3. The molecule has 1 rings (SSSR count). The summed E-state index contributed by atoms with van der Waals surface area (Å²) in [5.41, 5.74) is 0.988. The highest BCUT2D eigenvalue weighted by atomic mass is 16.5. The van der Waals surface area contributed by atoms with Crippen LogP contribution in [0.4, 0.5) is 10.5 Å². The predicted octanol–water partition coefficient (Wildman–Crippen LogP) is 2.60. The molecule has 2 amide bonds. The van der Waals surface area contributed by atoms with E-state index in [0.717, 1.165) is 6.42 Å².